The van der Waals surface area contributed by atoms with Crippen LogP contribution < -0.4 is 0 Å². The molecule has 2 fully saturated rings. The summed E-state index contributed by atoms with van der Waals surface area (Å²) in [6.45, 7) is 6.26. The Balaban J connectivity index is 2.06. The van der Waals surface area contributed by atoms with Crippen LogP contribution in [-0.2, 0) is 9.47 Å². The molecule has 0 unspecified atom stereocenters. The van der Waals surface area contributed by atoms with Gasteiger partial charge >= 0.3 is 0 Å². The van der Waals surface area contributed by atoms with Crippen LogP contribution in [0.3, 0.4) is 0 Å². The molecule has 0 aromatic heterocycles. The minimum atomic E-state index is -0.330. The van der Waals surface area contributed by atoms with Gasteiger partial charge in [-0.1, -0.05) is 13.3 Å². The number of hydrogen-bond donors (Lipinski definition) is 0. The smallest absolute Gasteiger partial charge is 0.163 e. The Bertz CT molecular complexity index is 177. The Morgan fingerprint density at radius 2 is 2.00 bits per heavy atom. The minimum Gasteiger partial charge on any atom is -0.345 e. The van der Waals surface area contributed by atoms with E-state index < -0.39 is 0 Å². The lowest BCUT2D eigenvalue weighted by Crippen LogP contribution is -2.24. The van der Waals surface area contributed by atoms with Crippen molar-refractivity contribution < 1.29 is 9.47 Å². The Kier molecular flexibility index (Phi) is 1.92. The molecule has 0 aromatic carbocycles. The van der Waals surface area contributed by atoms with E-state index in [0.717, 1.165) is 5.92 Å². The number of fused-ring (bicyclic) bond motifs is 1. The van der Waals surface area contributed by atoms with Crippen LogP contribution in [0.1, 0.15) is 40.0 Å². The zero-order chi connectivity index (χ0) is 8.77. The second-order valence-corrected chi connectivity index (χ2v) is 4.38. The number of ether oxygens (including phenoxy) is 2. The molecule has 0 bridgehead atoms. The van der Waals surface area contributed by atoms with Crippen molar-refractivity contribution in [2.75, 3.05) is 0 Å². The first-order chi connectivity index (χ1) is 5.62. The molecule has 70 valence electrons. The Morgan fingerprint density at radius 3 is 2.67 bits per heavy atom. The van der Waals surface area contributed by atoms with Crippen LogP contribution in [-0.4, -0.2) is 18.0 Å². The summed E-state index contributed by atoms with van der Waals surface area (Å²) in [7, 11) is 0. The average molecular weight is 170 g/mol. The lowest BCUT2D eigenvalue weighted by Gasteiger charge is -2.20. The summed E-state index contributed by atoms with van der Waals surface area (Å²) in [5.41, 5.74) is 0. The van der Waals surface area contributed by atoms with Gasteiger partial charge in [-0.05, 0) is 32.6 Å². The van der Waals surface area contributed by atoms with Crippen LogP contribution in [0.2, 0.25) is 0 Å². The molecule has 1 aliphatic heterocycles. The minimum absolute atomic E-state index is 0.330. The molecule has 12 heavy (non-hydrogen) atoms. The highest BCUT2D eigenvalue weighted by molar-refractivity contribution is 4.92. The molecule has 0 aromatic rings. The van der Waals surface area contributed by atoms with E-state index in [1.807, 2.05) is 13.8 Å². The van der Waals surface area contributed by atoms with Crippen molar-refractivity contribution in [3.05, 3.63) is 0 Å². The first-order valence-electron chi connectivity index (χ1n) is 4.98. The van der Waals surface area contributed by atoms with Gasteiger partial charge in [0.1, 0.15) is 0 Å². The molecule has 3 atom stereocenters. The van der Waals surface area contributed by atoms with E-state index in [0.29, 0.717) is 12.2 Å². The fourth-order valence-corrected chi connectivity index (χ4v) is 2.47. The van der Waals surface area contributed by atoms with E-state index in [1.54, 1.807) is 0 Å². The van der Waals surface area contributed by atoms with Gasteiger partial charge in [-0.3, -0.25) is 0 Å². The molecule has 1 heterocycles. The SMILES string of the molecule is CC[C@H]1CC[C@@H]2OC(C)(C)O[C@H]12. The van der Waals surface area contributed by atoms with Gasteiger partial charge in [0.25, 0.3) is 0 Å². The number of rotatable bonds is 1. The monoisotopic (exact) mass is 170 g/mol. The average Bonchev–Trinajstić information content (AvgIpc) is 2.42. The van der Waals surface area contributed by atoms with E-state index in [1.165, 1.54) is 19.3 Å². The molecular weight excluding hydrogens is 152 g/mol. The molecule has 2 aliphatic rings. The summed E-state index contributed by atoms with van der Waals surface area (Å²) in [5, 5.41) is 0. The van der Waals surface area contributed by atoms with Gasteiger partial charge in [0, 0.05) is 0 Å². The maximum Gasteiger partial charge on any atom is 0.163 e. The Labute approximate surface area is 74.2 Å². The molecule has 2 nitrogen and oxygen atoms in total. The van der Waals surface area contributed by atoms with Crippen molar-refractivity contribution in [1.82, 2.24) is 0 Å². The van der Waals surface area contributed by atoms with Crippen molar-refractivity contribution in [3.8, 4) is 0 Å². The largest absolute Gasteiger partial charge is 0.345 e. The van der Waals surface area contributed by atoms with Gasteiger partial charge < -0.3 is 9.47 Å². The Hall–Kier alpha value is -0.0800. The van der Waals surface area contributed by atoms with E-state index >= 15 is 0 Å². The van der Waals surface area contributed by atoms with Crippen molar-refractivity contribution >= 4 is 0 Å². The van der Waals surface area contributed by atoms with Gasteiger partial charge in [0.15, 0.2) is 5.79 Å². The predicted molar refractivity (Wildman–Crippen MR) is 46.8 cm³/mol. The third-order valence-corrected chi connectivity index (χ3v) is 3.03. The number of hydrogen-bond acceptors (Lipinski definition) is 2. The third kappa shape index (κ3) is 1.27. The summed E-state index contributed by atoms with van der Waals surface area (Å²) in [4.78, 5) is 0. The van der Waals surface area contributed by atoms with Crippen molar-refractivity contribution in [2.24, 2.45) is 5.92 Å². The van der Waals surface area contributed by atoms with Gasteiger partial charge in [-0.2, -0.15) is 0 Å². The van der Waals surface area contributed by atoms with Gasteiger partial charge in [-0.25, -0.2) is 0 Å². The maximum atomic E-state index is 5.85. The first kappa shape index (κ1) is 8.52. The second kappa shape index (κ2) is 2.71. The lowest BCUT2D eigenvalue weighted by molar-refractivity contribution is -0.156. The first-order valence-corrected chi connectivity index (χ1v) is 4.98. The van der Waals surface area contributed by atoms with Gasteiger partial charge in [-0.15, -0.1) is 0 Å². The summed E-state index contributed by atoms with van der Waals surface area (Å²) in [6.07, 6.45) is 4.45. The standard InChI is InChI=1S/C10H18O2/c1-4-7-5-6-8-9(7)12-10(2,3)11-8/h7-9H,4-6H2,1-3H3/t7-,8-,9+/m0/s1. The van der Waals surface area contributed by atoms with E-state index in [-0.39, 0.29) is 5.79 Å². The van der Waals surface area contributed by atoms with Gasteiger partial charge in [0.2, 0.25) is 0 Å². The van der Waals surface area contributed by atoms with Gasteiger partial charge in [0.05, 0.1) is 12.2 Å². The zero-order valence-corrected chi connectivity index (χ0v) is 8.17. The summed E-state index contributed by atoms with van der Waals surface area (Å²) in [6, 6.07) is 0. The van der Waals surface area contributed by atoms with Crippen LogP contribution >= 0.6 is 0 Å². The van der Waals surface area contributed by atoms with E-state index in [2.05, 4.69) is 6.92 Å². The highest BCUT2D eigenvalue weighted by Crippen LogP contribution is 2.42. The van der Waals surface area contributed by atoms with E-state index in [9.17, 15) is 0 Å². The molecule has 2 heteroatoms. The van der Waals surface area contributed by atoms with E-state index in [4.69, 9.17) is 9.47 Å². The van der Waals surface area contributed by atoms with Crippen LogP contribution in [0, 0.1) is 5.92 Å². The molecule has 1 saturated carbocycles. The third-order valence-electron chi connectivity index (χ3n) is 3.03. The quantitative estimate of drug-likeness (QED) is 0.601. The molecule has 0 radical (unpaired) electrons. The normalized spacial score (nSPS) is 44.8. The molecule has 0 amide bonds. The van der Waals surface area contributed by atoms with Crippen molar-refractivity contribution in [1.29, 1.82) is 0 Å². The van der Waals surface area contributed by atoms with Crippen LogP contribution in [0.15, 0.2) is 0 Å². The van der Waals surface area contributed by atoms with Crippen LogP contribution in [0.5, 0.6) is 0 Å². The maximum absolute atomic E-state index is 5.85. The highest BCUT2D eigenvalue weighted by atomic mass is 16.8. The molecule has 0 N–H and O–H groups in total. The zero-order valence-electron chi connectivity index (χ0n) is 8.17. The Morgan fingerprint density at radius 1 is 1.25 bits per heavy atom. The second-order valence-electron chi connectivity index (χ2n) is 4.38. The molecule has 1 aliphatic carbocycles. The van der Waals surface area contributed by atoms with Crippen molar-refractivity contribution in [3.63, 3.8) is 0 Å². The molecule has 1 saturated heterocycles. The topological polar surface area (TPSA) is 18.5 Å². The van der Waals surface area contributed by atoms with Crippen LogP contribution in [0.4, 0.5) is 0 Å². The van der Waals surface area contributed by atoms with Crippen molar-refractivity contribution in [2.45, 2.75) is 58.0 Å². The summed E-state index contributed by atoms with van der Waals surface area (Å²) in [5.74, 6) is 0.403. The molecular formula is C10H18O2. The van der Waals surface area contributed by atoms with Crippen LogP contribution in [0.25, 0.3) is 0 Å². The highest BCUT2D eigenvalue weighted by Gasteiger charge is 2.47. The predicted octanol–water partition coefficient (Wildman–Crippen LogP) is 2.33. The summed E-state index contributed by atoms with van der Waals surface area (Å²) < 4.78 is 11.6. The lowest BCUT2D eigenvalue weighted by atomic mass is 10.0. The fraction of sp³-hybridized carbons (Fsp3) is 1.00. The molecule has 0 spiro atoms. The summed E-state index contributed by atoms with van der Waals surface area (Å²) >= 11 is 0. The fourth-order valence-electron chi connectivity index (χ4n) is 2.47. The molecule has 2 rings (SSSR count).